The van der Waals surface area contributed by atoms with Crippen LogP contribution in [0.25, 0.3) is 0 Å². The third kappa shape index (κ3) is 55.9. The minimum absolute atomic E-state index is 0.0838. The van der Waals surface area contributed by atoms with Crippen LogP contribution >= 0.6 is 0 Å². The summed E-state index contributed by atoms with van der Waals surface area (Å²) in [6.45, 7) is 6.55. The number of hydrogen-bond donors (Lipinski definition) is 0. The molecule has 0 amide bonds. The summed E-state index contributed by atoms with van der Waals surface area (Å²) in [7, 11) is 0. The van der Waals surface area contributed by atoms with Crippen molar-refractivity contribution < 1.29 is 28.6 Å². The zero-order chi connectivity index (χ0) is 50.0. The lowest BCUT2D eigenvalue weighted by Gasteiger charge is -2.18. The quantitative estimate of drug-likeness (QED) is 0.0262. The Labute approximate surface area is 428 Å². The van der Waals surface area contributed by atoms with Gasteiger partial charge in [-0.25, -0.2) is 0 Å². The number of carbonyl (C=O) groups is 3. The third-order valence-corrected chi connectivity index (χ3v) is 12.9. The first-order valence-corrected chi connectivity index (χ1v) is 29.8. The van der Waals surface area contributed by atoms with Crippen LogP contribution in [0.1, 0.15) is 303 Å². The predicted octanol–water partition coefficient (Wildman–Crippen LogP) is 20.0. The van der Waals surface area contributed by atoms with E-state index in [9.17, 15) is 14.4 Å². The largest absolute Gasteiger partial charge is 0.462 e. The zero-order valence-electron chi connectivity index (χ0n) is 45.8. The van der Waals surface area contributed by atoms with E-state index in [-0.39, 0.29) is 31.1 Å². The van der Waals surface area contributed by atoms with Gasteiger partial charge >= 0.3 is 17.9 Å². The number of esters is 3. The highest BCUT2D eigenvalue weighted by Gasteiger charge is 2.19. The van der Waals surface area contributed by atoms with Crippen LogP contribution in [-0.2, 0) is 28.6 Å². The summed E-state index contributed by atoms with van der Waals surface area (Å²) >= 11 is 0. The molecule has 0 heterocycles. The third-order valence-electron chi connectivity index (χ3n) is 12.9. The molecule has 6 nitrogen and oxygen atoms in total. The van der Waals surface area contributed by atoms with E-state index in [1.54, 1.807) is 0 Å². The van der Waals surface area contributed by atoms with Crippen molar-refractivity contribution in [3.05, 3.63) is 60.8 Å². The predicted molar refractivity (Wildman–Crippen MR) is 298 cm³/mol. The van der Waals surface area contributed by atoms with Gasteiger partial charge in [-0.1, -0.05) is 242 Å². The van der Waals surface area contributed by atoms with E-state index in [0.29, 0.717) is 19.3 Å². The highest BCUT2D eigenvalue weighted by molar-refractivity contribution is 5.71. The summed E-state index contributed by atoms with van der Waals surface area (Å²) in [6.07, 6.45) is 72.2. The van der Waals surface area contributed by atoms with Gasteiger partial charge in [0.05, 0.1) is 0 Å². The Kier molecular flexibility index (Phi) is 55.3. The fraction of sp³-hybridized carbons (Fsp3) is 0.794. The SMILES string of the molecule is CCC/C=C\C/C=C\CCCCCCCC(=O)OCC(COC(=O)CCCCCCCCCCCCC/C=C\CCCCCCCCCC)OC(=O)CCCCCCC/C=C\C/C=C\CCCCC. The number of hydrogen-bond acceptors (Lipinski definition) is 6. The Morgan fingerprint density at radius 2 is 0.551 bits per heavy atom. The van der Waals surface area contributed by atoms with E-state index in [0.717, 1.165) is 109 Å². The molecule has 0 saturated heterocycles. The van der Waals surface area contributed by atoms with Gasteiger partial charge in [0.2, 0.25) is 0 Å². The molecule has 0 fully saturated rings. The number of carbonyl (C=O) groups excluding carboxylic acids is 3. The topological polar surface area (TPSA) is 78.9 Å². The molecule has 0 N–H and O–H groups in total. The maximum absolute atomic E-state index is 12.8. The van der Waals surface area contributed by atoms with Crippen molar-refractivity contribution in [2.45, 2.75) is 309 Å². The molecule has 0 saturated carbocycles. The summed E-state index contributed by atoms with van der Waals surface area (Å²) in [5, 5.41) is 0. The van der Waals surface area contributed by atoms with Crippen molar-refractivity contribution in [2.75, 3.05) is 13.2 Å². The van der Waals surface area contributed by atoms with Gasteiger partial charge in [0, 0.05) is 19.3 Å². The van der Waals surface area contributed by atoms with E-state index in [2.05, 4.69) is 81.5 Å². The smallest absolute Gasteiger partial charge is 0.306 e. The Balaban J connectivity index is 4.31. The molecule has 0 radical (unpaired) electrons. The molecule has 400 valence electrons. The van der Waals surface area contributed by atoms with Crippen LogP contribution in [0.15, 0.2) is 60.8 Å². The molecule has 1 unspecified atom stereocenters. The lowest BCUT2D eigenvalue weighted by Crippen LogP contribution is -2.30. The van der Waals surface area contributed by atoms with Gasteiger partial charge in [0.1, 0.15) is 13.2 Å². The number of allylic oxidation sites excluding steroid dienone is 10. The van der Waals surface area contributed by atoms with E-state index in [1.807, 2.05) is 0 Å². The van der Waals surface area contributed by atoms with Crippen LogP contribution in [0.3, 0.4) is 0 Å². The van der Waals surface area contributed by atoms with Crippen LogP contribution in [0.4, 0.5) is 0 Å². The van der Waals surface area contributed by atoms with Crippen LogP contribution < -0.4 is 0 Å². The van der Waals surface area contributed by atoms with Gasteiger partial charge in [-0.3, -0.25) is 14.4 Å². The second-order valence-corrected chi connectivity index (χ2v) is 19.9. The van der Waals surface area contributed by atoms with Gasteiger partial charge in [-0.2, -0.15) is 0 Å². The average Bonchev–Trinajstić information content (AvgIpc) is 3.35. The van der Waals surface area contributed by atoms with Crippen molar-refractivity contribution in [3.8, 4) is 0 Å². The van der Waals surface area contributed by atoms with Crippen molar-refractivity contribution >= 4 is 17.9 Å². The standard InChI is InChI=1S/C63H112O6/c1-4-7-10-13-16-19-22-25-27-28-29-30-31-32-33-34-36-38-41-44-47-50-53-56-62(65)68-59-60(58-67-61(64)55-52-49-46-43-40-37-24-21-18-15-12-9-6-3)69-63(66)57-54-51-48-45-42-39-35-26-23-20-17-14-11-8-5-2/h12,15,17,20-21,24,26,28-29,35,60H,4-11,13-14,16,18-19,22-23,25,27,30-34,36-59H2,1-3H3/b15-12-,20-17-,24-21-,29-28-,35-26-. The van der Waals surface area contributed by atoms with Crippen molar-refractivity contribution in [1.29, 1.82) is 0 Å². The molecular formula is C63H112O6. The molecule has 0 rings (SSSR count). The monoisotopic (exact) mass is 965 g/mol. The highest BCUT2D eigenvalue weighted by atomic mass is 16.6. The number of ether oxygens (including phenoxy) is 3. The lowest BCUT2D eigenvalue weighted by atomic mass is 10.0. The molecule has 0 aliphatic carbocycles. The van der Waals surface area contributed by atoms with E-state index in [1.165, 1.54) is 154 Å². The van der Waals surface area contributed by atoms with Gasteiger partial charge in [-0.15, -0.1) is 0 Å². The van der Waals surface area contributed by atoms with Crippen molar-refractivity contribution in [1.82, 2.24) is 0 Å². The van der Waals surface area contributed by atoms with Crippen molar-refractivity contribution in [2.24, 2.45) is 0 Å². The van der Waals surface area contributed by atoms with E-state index >= 15 is 0 Å². The molecule has 0 aromatic heterocycles. The molecule has 0 aromatic rings. The lowest BCUT2D eigenvalue weighted by molar-refractivity contribution is -0.167. The first kappa shape index (κ1) is 66.1. The fourth-order valence-electron chi connectivity index (χ4n) is 8.45. The first-order valence-electron chi connectivity index (χ1n) is 29.8. The molecule has 69 heavy (non-hydrogen) atoms. The molecule has 1 atom stereocenters. The molecule has 0 aliphatic heterocycles. The first-order chi connectivity index (χ1) is 34.0. The van der Waals surface area contributed by atoms with Gasteiger partial charge in [0.15, 0.2) is 6.10 Å². The molecule has 0 aromatic carbocycles. The molecule has 0 spiro atoms. The second-order valence-electron chi connectivity index (χ2n) is 19.9. The van der Waals surface area contributed by atoms with Gasteiger partial charge < -0.3 is 14.2 Å². The molecular weight excluding hydrogens is 853 g/mol. The summed E-state index contributed by atoms with van der Waals surface area (Å²) in [4.78, 5) is 38.1. The summed E-state index contributed by atoms with van der Waals surface area (Å²) in [5.41, 5.74) is 0. The summed E-state index contributed by atoms with van der Waals surface area (Å²) < 4.78 is 16.9. The Morgan fingerprint density at radius 1 is 0.290 bits per heavy atom. The number of rotatable bonds is 54. The van der Waals surface area contributed by atoms with Crippen LogP contribution in [0.2, 0.25) is 0 Å². The van der Waals surface area contributed by atoms with E-state index < -0.39 is 6.10 Å². The van der Waals surface area contributed by atoms with Crippen LogP contribution in [0.5, 0.6) is 0 Å². The second kappa shape index (κ2) is 57.7. The molecule has 6 heteroatoms. The Bertz CT molecular complexity index is 1250. The summed E-state index contributed by atoms with van der Waals surface area (Å²) in [5.74, 6) is -0.903. The van der Waals surface area contributed by atoms with Gasteiger partial charge in [0.25, 0.3) is 0 Å². The van der Waals surface area contributed by atoms with Crippen LogP contribution in [-0.4, -0.2) is 37.2 Å². The normalized spacial score (nSPS) is 12.4. The van der Waals surface area contributed by atoms with Gasteiger partial charge in [-0.05, 0) is 103 Å². The zero-order valence-corrected chi connectivity index (χ0v) is 45.8. The minimum Gasteiger partial charge on any atom is -0.462 e. The Morgan fingerprint density at radius 3 is 0.899 bits per heavy atom. The summed E-state index contributed by atoms with van der Waals surface area (Å²) in [6, 6.07) is 0. The molecule has 0 bridgehead atoms. The highest BCUT2D eigenvalue weighted by Crippen LogP contribution is 2.16. The maximum Gasteiger partial charge on any atom is 0.306 e. The van der Waals surface area contributed by atoms with Crippen molar-refractivity contribution in [3.63, 3.8) is 0 Å². The Hall–Kier alpha value is -2.89. The van der Waals surface area contributed by atoms with Crippen LogP contribution in [0, 0.1) is 0 Å². The number of unbranched alkanes of at least 4 members (excludes halogenated alkanes) is 33. The fourth-order valence-corrected chi connectivity index (χ4v) is 8.45. The maximum atomic E-state index is 12.8. The van der Waals surface area contributed by atoms with E-state index in [4.69, 9.17) is 14.2 Å². The minimum atomic E-state index is -0.787. The molecule has 0 aliphatic rings. The average molecular weight is 966 g/mol.